The minimum absolute atomic E-state index is 0.209. The van der Waals surface area contributed by atoms with Crippen LogP contribution in [0.2, 0.25) is 0 Å². The Balaban J connectivity index is 1.99. The number of hydrogen-bond acceptors (Lipinski definition) is 2. The van der Waals surface area contributed by atoms with Gasteiger partial charge in [0, 0.05) is 16.9 Å². The Hall–Kier alpha value is -1.54. The normalized spacial score (nSPS) is 10.6. The highest BCUT2D eigenvalue weighted by Gasteiger charge is 2.10. The lowest BCUT2D eigenvalue weighted by atomic mass is 10.00. The summed E-state index contributed by atoms with van der Waals surface area (Å²) >= 11 is 4.51. The van der Waals surface area contributed by atoms with E-state index in [1.165, 1.54) is 19.3 Å². The highest BCUT2D eigenvalue weighted by Crippen LogP contribution is 2.25. The molecular weight excluding hydrogens is 288 g/mol. The van der Waals surface area contributed by atoms with Gasteiger partial charge in [-0.15, -0.1) is 12.6 Å². The minimum Gasteiger partial charge on any atom is -0.294 e. The Morgan fingerprint density at radius 2 is 1.64 bits per heavy atom. The number of hydrogen-bond donors (Lipinski definition) is 1. The molecule has 2 rings (SSSR count). The van der Waals surface area contributed by atoms with E-state index in [-0.39, 0.29) is 5.78 Å². The number of thiol groups is 1. The maximum absolute atomic E-state index is 12.3. The molecule has 2 aromatic rings. The summed E-state index contributed by atoms with van der Waals surface area (Å²) in [6.07, 6.45) is 6.47. The molecule has 0 amide bonds. The molecular formula is C20H24OS. The third-order valence-electron chi connectivity index (χ3n) is 3.91. The van der Waals surface area contributed by atoms with Gasteiger partial charge in [-0.25, -0.2) is 0 Å². The second-order valence-electron chi connectivity index (χ2n) is 5.69. The van der Waals surface area contributed by atoms with Crippen LogP contribution >= 0.6 is 12.6 Å². The number of carbonyl (C=O) groups is 1. The maximum atomic E-state index is 12.3. The number of rotatable bonds is 8. The first-order chi connectivity index (χ1) is 10.7. The fraction of sp³-hybridized carbons (Fsp3) is 0.350. The monoisotopic (exact) mass is 312 g/mol. The van der Waals surface area contributed by atoms with Crippen molar-refractivity contribution < 1.29 is 4.79 Å². The van der Waals surface area contributed by atoms with Gasteiger partial charge in [0.2, 0.25) is 0 Å². The van der Waals surface area contributed by atoms with Gasteiger partial charge >= 0.3 is 0 Å². The molecule has 0 N–H and O–H groups in total. The van der Waals surface area contributed by atoms with Crippen LogP contribution in [0.1, 0.15) is 55.8 Å². The zero-order valence-electron chi connectivity index (χ0n) is 13.2. The number of carbonyl (C=O) groups excluding carboxylic acids is 1. The highest BCUT2D eigenvalue weighted by atomic mass is 32.1. The SMILES string of the molecule is CCCCCCCC(=O)c1ccc(-c2ccccc2)cc1S. The van der Waals surface area contributed by atoms with Gasteiger partial charge in [-0.1, -0.05) is 69.0 Å². The molecule has 0 heterocycles. The van der Waals surface area contributed by atoms with Gasteiger partial charge in [0.25, 0.3) is 0 Å². The van der Waals surface area contributed by atoms with E-state index in [2.05, 4.69) is 31.7 Å². The summed E-state index contributed by atoms with van der Waals surface area (Å²) < 4.78 is 0. The first kappa shape index (κ1) is 16.8. The van der Waals surface area contributed by atoms with E-state index >= 15 is 0 Å². The number of ketones is 1. The van der Waals surface area contributed by atoms with E-state index in [1.54, 1.807) is 0 Å². The van der Waals surface area contributed by atoms with Gasteiger partial charge in [0.15, 0.2) is 5.78 Å². The Morgan fingerprint density at radius 3 is 2.32 bits per heavy atom. The zero-order valence-corrected chi connectivity index (χ0v) is 14.1. The van der Waals surface area contributed by atoms with E-state index < -0.39 is 0 Å². The first-order valence-corrected chi connectivity index (χ1v) is 8.58. The Kier molecular flexibility index (Phi) is 6.73. The molecule has 0 aliphatic heterocycles. The van der Waals surface area contributed by atoms with Crippen molar-refractivity contribution >= 4 is 18.4 Å². The quantitative estimate of drug-likeness (QED) is 0.349. The van der Waals surface area contributed by atoms with Gasteiger partial charge in [0.05, 0.1) is 0 Å². The average Bonchev–Trinajstić information content (AvgIpc) is 2.55. The molecule has 0 fully saturated rings. The first-order valence-electron chi connectivity index (χ1n) is 8.14. The van der Waals surface area contributed by atoms with E-state index in [4.69, 9.17) is 0 Å². The van der Waals surface area contributed by atoms with Crippen LogP contribution in [0.4, 0.5) is 0 Å². The van der Waals surface area contributed by atoms with Crippen LogP contribution < -0.4 is 0 Å². The molecule has 0 radical (unpaired) electrons. The van der Waals surface area contributed by atoms with Crippen molar-refractivity contribution in [2.75, 3.05) is 0 Å². The van der Waals surface area contributed by atoms with Crippen LogP contribution in [0.25, 0.3) is 11.1 Å². The molecule has 0 spiro atoms. The third kappa shape index (κ3) is 4.74. The third-order valence-corrected chi connectivity index (χ3v) is 4.28. The lowest BCUT2D eigenvalue weighted by Gasteiger charge is -2.08. The van der Waals surface area contributed by atoms with Crippen molar-refractivity contribution in [3.05, 3.63) is 54.1 Å². The van der Waals surface area contributed by atoms with Crippen molar-refractivity contribution in [1.82, 2.24) is 0 Å². The van der Waals surface area contributed by atoms with Crippen LogP contribution in [0.5, 0.6) is 0 Å². The van der Waals surface area contributed by atoms with E-state index in [0.717, 1.165) is 34.4 Å². The summed E-state index contributed by atoms with van der Waals surface area (Å²) in [6, 6.07) is 16.1. The molecule has 0 atom stereocenters. The highest BCUT2D eigenvalue weighted by molar-refractivity contribution is 7.80. The summed E-state index contributed by atoms with van der Waals surface area (Å²) in [5, 5.41) is 0. The second-order valence-corrected chi connectivity index (χ2v) is 6.17. The van der Waals surface area contributed by atoms with Crippen molar-refractivity contribution in [3.63, 3.8) is 0 Å². The van der Waals surface area contributed by atoms with Crippen molar-refractivity contribution in [1.29, 1.82) is 0 Å². The average molecular weight is 312 g/mol. The van der Waals surface area contributed by atoms with E-state index in [0.29, 0.717) is 6.42 Å². The van der Waals surface area contributed by atoms with Crippen molar-refractivity contribution in [2.24, 2.45) is 0 Å². The van der Waals surface area contributed by atoms with Crippen LogP contribution in [0, 0.1) is 0 Å². The van der Waals surface area contributed by atoms with E-state index in [1.807, 2.05) is 36.4 Å². The van der Waals surface area contributed by atoms with E-state index in [9.17, 15) is 4.79 Å². The van der Waals surface area contributed by atoms with Crippen molar-refractivity contribution in [3.8, 4) is 11.1 Å². The molecule has 0 aliphatic carbocycles. The molecule has 0 aliphatic rings. The number of benzene rings is 2. The van der Waals surface area contributed by atoms with Crippen molar-refractivity contribution in [2.45, 2.75) is 50.3 Å². The number of unbranched alkanes of at least 4 members (excludes halogenated alkanes) is 4. The fourth-order valence-corrected chi connectivity index (χ4v) is 2.94. The Morgan fingerprint density at radius 1 is 0.909 bits per heavy atom. The largest absolute Gasteiger partial charge is 0.294 e. The molecule has 0 aromatic heterocycles. The Labute approximate surface area is 139 Å². The predicted molar refractivity (Wildman–Crippen MR) is 96.8 cm³/mol. The van der Waals surface area contributed by atoms with Crippen LogP contribution in [0.3, 0.4) is 0 Å². The molecule has 2 heteroatoms. The standard InChI is InChI=1S/C20H24OS/c1-2-3-4-5-9-12-19(21)18-14-13-17(15-20(18)22)16-10-7-6-8-11-16/h6-8,10-11,13-15,22H,2-5,9,12H2,1H3. The molecule has 116 valence electrons. The molecule has 0 unspecified atom stereocenters. The van der Waals surface area contributed by atoms with Gasteiger partial charge in [-0.05, 0) is 29.7 Å². The predicted octanol–water partition coefficient (Wildman–Crippen LogP) is 6.19. The summed E-state index contributed by atoms with van der Waals surface area (Å²) in [4.78, 5) is 13.1. The van der Waals surface area contributed by atoms with Crippen LogP contribution in [-0.4, -0.2) is 5.78 Å². The second kappa shape index (κ2) is 8.79. The minimum atomic E-state index is 0.209. The zero-order chi connectivity index (χ0) is 15.8. The fourth-order valence-electron chi connectivity index (χ4n) is 2.60. The van der Waals surface area contributed by atoms with Gasteiger partial charge in [0.1, 0.15) is 0 Å². The van der Waals surface area contributed by atoms with Gasteiger partial charge in [-0.3, -0.25) is 4.79 Å². The molecule has 22 heavy (non-hydrogen) atoms. The smallest absolute Gasteiger partial charge is 0.163 e. The van der Waals surface area contributed by atoms with Crippen LogP contribution in [0.15, 0.2) is 53.4 Å². The molecule has 0 bridgehead atoms. The lowest BCUT2D eigenvalue weighted by Crippen LogP contribution is -2.00. The molecule has 0 saturated heterocycles. The molecule has 0 saturated carbocycles. The summed E-state index contributed by atoms with van der Waals surface area (Å²) in [6.45, 7) is 2.20. The topological polar surface area (TPSA) is 17.1 Å². The Bertz CT molecular complexity index is 604. The molecule has 2 aromatic carbocycles. The molecule has 1 nitrogen and oxygen atoms in total. The van der Waals surface area contributed by atoms with Gasteiger partial charge in [-0.2, -0.15) is 0 Å². The number of Topliss-reactive ketones (excluding diaryl/α,β-unsaturated/α-hetero) is 1. The summed E-state index contributed by atoms with van der Waals surface area (Å²) in [7, 11) is 0. The maximum Gasteiger partial charge on any atom is 0.163 e. The van der Waals surface area contributed by atoms with Gasteiger partial charge < -0.3 is 0 Å². The van der Waals surface area contributed by atoms with Crippen LogP contribution in [-0.2, 0) is 0 Å². The lowest BCUT2D eigenvalue weighted by molar-refractivity contribution is 0.0976. The summed E-state index contributed by atoms with van der Waals surface area (Å²) in [5.74, 6) is 0.209. The summed E-state index contributed by atoms with van der Waals surface area (Å²) in [5.41, 5.74) is 3.00.